The Bertz CT molecular complexity index is 506. The van der Waals surface area contributed by atoms with Crippen molar-refractivity contribution in [3.05, 3.63) is 0 Å². The van der Waals surface area contributed by atoms with Gasteiger partial charge in [0.15, 0.2) is 0 Å². The predicted molar refractivity (Wildman–Crippen MR) is 95.7 cm³/mol. The van der Waals surface area contributed by atoms with Crippen LogP contribution in [0.3, 0.4) is 0 Å². The zero-order valence-corrected chi connectivity index (χ0v) is 16.1. The molecule has 3 saturated heterocycles. The van der Waals surface area contributed by atoms with Crippen LogP contribution in [0.25, 0.3) is 0 Å². The molecule has 0 aromatic rings. The minimum Gasteiger partial charge on any atom is -0.381 e. The van der Waals surface area contributed by atoms with Gasteiger partial charge >= 0.3 is 0 Å². The summed E-state index contributed by atoms with van der Waals surface area (Å²) >= 11 is 0. The van der Waals surface area contributed by atoms with Gasteiger partial charge in [0, 0.05) is 58.3 Å². The highest BCUT2D eigenvalue weighted by Crippen LogP contribution is 2.41. The van der Waals surface area contributed by atoms with Gasteiger partial charge in [0.25, 0.3) is 0 Å². The lowest BCUT2D eigenvalue weighted by Crippen LogP contribution is -2.59. The van der Waals surface area contributed by atoms with Crippen molar-refractivity contribution in [2.45, 2.75) is 38.2 Å². The van der Waals surface area contributed by atoms with Crippen LogP contribution < -0.4 is 0 Å². The third kappa shape index (κ3) is 4.38. The van der Waals surface area contributed by atoms with E-state index in [0.717, 1.165) is 45.3 Å². The molecular weight excluding hydrogens is 336 g/mol. The number of hydrogen-bond acceptors (Lipinski definition) is 5. The van der Waals surface area contributed by atoms with Gasteiger partial charge in [-0.15, -0.1) is 0 Å². The number of rotatable bonds is 5. The lowest BCUT2D eigenvalue weighted by Gasteiger charge is -2.50. The molecule has 0 spiro atoms. The van der Waals surface area contributed by atoms with Crippen molar-refractivity contribution in [1.82, 2.24) is 9.80 Å². The van der Waals surface area contributed by atoms with Crippen molar-refractivity contribution in [1.29, 1.82) is 0 Å². The Morgan fingerprint density at radius 3 is 2.69 bits per heavy atom. The number of piperidine rings is 1. The topological polar surface area (TPSA) is 68.3 Å². The maximum absolute atomic E-state index is 13.0. The second-order valence-electron chi connectivity index (χ2n) is 8.04. The number of carbonyl (C=O) groups excluding carboxylic acids is 2. The summed E-state index contributed by atoms with van der Waals surface area (Å²) in [7, 11) is 3.46. The largest absolute Gasteiger partial charge is 0.381 e. The van der Waals surface area contributed by atoms with Gasteiger partial charge in [0.1, 0.15) is 6.61 Å². The molecule has 3 rings (SSSR count). The molecule has 3 aliphatic heterocycles. The summed E-state index contributed by atoms with van der Waals surface area (Å²) in [6.07, 6.45) is 4.54. The minimum absolute atomic E-state index is 0.0411. The number of carbonyl (C=O) groups is 2. The first-order valence-corrected chi connectivity index (χ1v) is 9.78. The smallest absolute Gasteiger partial charge is 0.248 e. The number of nitrogens with zero attached hydrogens (tertiary/aromatic N) is 2. The number of amides is 2. The van der Waals surface area contributed by atoms with Crippen molar-refractivity contribution in [2.24, 2.45) is 11.3 Å². The van der Waals surface area contributed by atoms with Crippen LogP contribution in [0.4, 0.5) is 0 Å². The van der Waals surface area contributed by atoms with Crippen LogP contribution in [-0.4, -0.2) is 87.9 Å². The van der Waals surface area contributed by atoms with E-state index in [-0.39, 0.29) is 35.9 Å². The van der Waals surface area contributed by atoms with E-state index in [1.165, 1.54) is 4.90 Å². The summed E-state index contributed by atoms with van der Waals surface area (Å²) < 4.78 is 17.2. The van der Waals surface area contributed by atoms with Crippen LogP contribution >= 0.6 is 0 Å². The van der Waals surface area contributed by atoms with E-state index >= 15 is 0 Å². The maximum Gasteiger partial charge on any atom is 0.248 e. The van der Waals surface area contributed by atoms with Crippen molar-refractivity contribution in [3.8, 4) is 0 Å². The highest BCUT2D eigenvalue weighted by atomic mass is 16.5. The Kier molecular flexibility index (Phi) is 6.53. The van der Waals surface area contributed by atoms with E-state index < -0.39 is 0 Å². The number of likely N-dealkylation sites (tertiary alicyclic amines) is 1. The van der Waals surface area contributed by atoms with Gasteiger partial charge in [-0.25, -0.2) is 0 Å². The summed E-state index contributed by atoms with van der Waals surface area (Å²) in [6, 6.07) is 0. The van der Waals surface area contributed by atoms with E-state index in [4.69, 9.17) is 14.2 Å². The molecule has 0 unspecified atom stereocenters. The third-order valence-corrected chi connectivity index (χ3v) is 5.98. The lowest BCUT2D eigenvalue weighted by atomic mass is 9.72. The summed E-state index contributed by atoms with van der Waals surface area (Å²) in [5.41, 5.74) is -0.191. The van der Waals surface area contributed by atoms with Gasteiger partial charge in [-0.1, -0.05) is 0 Å². The molecule has 7 heteroatoms. The Morgan fingerprint density at radius 2 is 1.96 bits per heavy atom. The average Bonchev–Trinajstić information content (AvgIpc) is 2.67. The quantitative estimate of drug-likeness (QED) is 0.722. The van der Waals surface area contributed by atoms with E-state index in [0.29, 0.717) is 26.4 Å². The molecule has 0 aromatic heterocycles. The van der Waals surface area contributed by atoms with Gasteiger partial charge in [-0.3, -0.25) is 9.59 Å². The highest BCUT2D eigenvalue weighted by Gasteiger charge is 2.48. The van der Waals surface area contributed by atoms with E-state index in [1.807, 2.05) is 4.90 Å². The maximum atomic E-state index is 13.0. The fourth-order valence-electron chi connectivity index (χ4n) is 4.36. The van der Waals surface area contributed by atoms with Crippen LogP contribution in [0.15, 0.2) is 0 Å². The molecule has 2 amide bonds. The van der Waals surface area contributed by atoms with Gasteiger partial charge in [-0.05, 0) is 32.1 Å². The number of fused-ring (bicyclic) bond motifs is 1. The molecule has 0 aromatic carbocycles. The summed E-state index contributed by atoms with van der Waals surface area (Å²) in [6.45, 7) is 4.10. The van der Waals surface area contributed by atoms with Gasteiger partial charge in [0.05, 0.1) is 12.7 Å². The normalized spacial score (nSPS) is 29.9. The van der Waals surface area contributed by atoms with E-state index in [2.05, 4.69) is 0 Å². The average molecular weight is 368 g/mol. The van der Waals surface area contributed by atoms with Crippen LogP contribution in [0, 0.1) is 11.3 Å². The van der Waals surface area contributed by atoms with Crippen LogP contribution in [0.2, 0.25) is 0 Å². The molecule has 7 nitrogen and oxygen atoms in total. The first-order chi connectivity index (χ1) is 12.5. The molecule has 148 valence electrons. The number of ether oxygens (including phenoxy) is 3. The van der Waals surface area contributed by atoms with Crippen molar-refractivity contribution >= 4 is 11.8 Å². The Balaban J connectivity index is 1.63. The second kappa shape index (κ2) is 8.67. The summed E-state index contributed by atoms with van der Waals surface area (Å²) in [5, 5.41) is 0. The third-order valence-electron chi connectivity index (χ3n) is 5.98. The molecule has 0 radical (unpaired) electrons. The SMILES string of the molecule is CN(C)C(=O)COC[C@]12CCCO[C@@H]1CCN(C(=O)C1CCOCC1)C2. The summed E-state index contributed by atoms with van der Waals surface area (Å²) in [4.78, 5) is 28.3. The molecule has 3 aliphatic rings. The molecule has 3 fully saturated rings. The standard InChI is InChI=1S/C19H32N2O5/c1-20(2)17(22)12-25-14-19-7-3-9-26-16(19)4-8-21(13-19)18(23)15-5-10-24-11-6-15/h15-16H,3-14H2,1-2H3/t16-,19-/m1/s1. The zero-order chi connectivity index (χ0) is 18.6. The van der Waals surface area contributed by atoms with Crippen LogP contribution in [-0.2, 0) is 23.8 Å². The highest BCUT2D eigenvalue weighted by molar-refractivity contribution is 5.79. The van der Waals surface area contributed by atoms with Gasteiger partial charge in [0.2, 0.25) is 11.8 Å². The predicted octanol–water partition coefficient (Wildman–Crippen LogP) is 0.916. The fraction of sp³-hybridized carbons (Fsp3) is 0.895. The minimum atomic E-state index is -0.191. The Hall–Kier alpha value is -1.18. The molecule has 2 atom stereocenters. The second-order valence-corrected chi connectivity index (χ2v) is 8.04. The lowest BCUT2D eigenvalue weighted by molar-refractivity contribution is -0.171. The molecule has 0 N–H and O–H groups in total. The van der Waals surface area contributed by atoms with Crippen LogP contribution in [0.1, 0.15) is 32.1 Å². The van der Waals surface area contributed by atoms with Crippen molar-refractivity contribution < 1.29 is 23.8 Å². The number of likely N-dealkylation sites (N-methyl/N-ethyl adjacent to an activating group) is 1. The molecule has 0 bridgehead atoms. The molecule has 0 aliphatic carbocycles. The van der Waals surface area contributed by atoms with Gasteiger partial charge < -0.3 is 24.0 Å². The zero-order valence-electron chi connectivity index (χ0n) is 16.1. The van der Waals surface area contributed by atoms with Crippen molar-refractivity contribution in [3.63, 3.8) is 0 Å². The fourth-order valence-corrected chi connectivity index (χ4v) is 4.36. The molecule has 0 saturated carbocycles. The van der Waals surface area contributed by atoms with Crippen molar-refractivity contribution in [2.75, 3.05) is 60.2 Å². The first kappa shape index (κ1) is 19.6. The Morgan fingerprint density at radius 1 is 1.19 bits per heavy atom. The monoisotopic (exact) mass is 368 g/mol. The Labute approximate surface area is 155 Å². The molecule has 26 heavy (non-hydrogen) atoms. The van der Waals surface area contributed by atoms with E-state index in [9.17, 15) is 9.59 Å². The summed E-state index contributed by atoms with van der Waals surface area (Å²) in [5.74, 6) is 0.291. The van der Waals surface area contributed by atoms with Crippen LogP contribution in [0.5, 0.6) is 0 Å². The molecule has 3 heterocycles. The first-order valence-electron chi connectivity index (χ1n) is 9.78. The molecular formula is C19H32N2O5. The van der Waals surface area contributed by atoms with Gasteiger partial charge in [-0.2, -0.15) is 0 Å². The number of hydrogen-bond donors (Lipinski definition) is 0. The van der Waals surface area contributed by atoms with E-state index in [1.54, 1.807) is 14.1 Å².